The van der Waals surface area contributed by atoms with Crippen LogP contribution < -0.4 is 9.47 Å². The van der Waals surface area contributed by atoms with Crippen molar-refractivity contribution < 1.29 is 18.9 Å². The van der Waals surface area contributed by atoms with E-state index in [0.29, 0.717) is 6.79 Å². The lowest BCUT2D eigenvalue weighted by Crippen LogP contribution is -2.29. The van der Waals surface area contributed by atoms with E-state index in [0.717, 1.165) is 32.7 Å². The highest BCUT2D eigenvalue weighted by molar-refractivity contribution is 9.10. The molecule has 32 heavy (non-hydrogen) atoms. The van der Waals surface area contributed by atoms with Crippen LogP contribution in [0.4, 0.5) is 0 Å². The maximum absolute atomic E-state index is 5.44. The smallest absolute Gasteiger partial charge is 0.188 e. The number of ether oxygens (including phenoxy) is 4. The number of hydrogen-bond acceptors (Lipinski definition) is 4. The van der Waals surface area contributed by atoms with E-state index in [1.165, 1.54) is 18.1 Å². The standard InChI is InChI=1S/C17H26O2Si.C9H11BrO2/c1-6-20(7-2,8-3)12-11-16-9-10-17(13-15(16)4)19-14-18-5;1-7-5-8(12-6-11-2)3-4-9(7)10/h9-10,13H,6-8,14H2,1-5H3;3-5H,6H2,1-2H3. The number of hydrogen-bond donors (Lipinski definition) is 0. The number of rotatable bonds is 9. The van der Waals surface area contributed by atoms with Crippen LogP contribution in [-0.4, -0.2) is 35.9 Å². The van der Waals surface area contributed by atoms with Crippen LogP contribution >= 0.6 is 15.9 Å². The highest BCUT2D eigenvalue weighted by Crippen LogP contribution is 2.22. The Hall–Kier alpha value is -1.78. The Morgan fingerprint density at radius 3 is 1.72 bits per heavy atom. The predicted molar refractivity (Wildman–Crippen MR) is 139 cm³/mol. The van der Waals surface area contributed by atoms with Crippen LogP contribution in [-0.2, 0) is 9.47 Å². The Bertz CT molecular complexity index is 877. The predicted octanol–water partition coefficient (Wildman–Crippen LogP) is 7.12. The van der Waals surface area contributed by atoms with E-state index in [4.69, 9.17) is 18.9 Å². The van der Waals surface area contributed by atoms with Gasteiger partial charge in [0.2, 0.25) is 0 Å². The molecule has 6 heteroatoms. The van der Waals surface area contributed by atoms with E-state index >= 15 is 0 Å². The van der Waals surface area contributed by atoms with Crippen LogP contribution in [0, 0.1) is 25.3 Å². The summed E-state index contributed by atoms with van der Waals surface area (Å²) < 4.78 is 21.5. The van der Waals surface area contributed by atoms with Gasteiger partial charge in [0.1, 0.15) is 19.6 Å². The molecule has 0 bridgehead atoms. The molecule has 0 saturated heterocycles. The van der Waals surface area contributed by atoms with Gasteiger partial charge in [-0.15, -0.1) is 5.54 Å². The van der Waals surface area contributed by atoms with E-state index in [1.54, 1.807) is 14.2 Å². The first-order valence-electron chi connectivity index (χ1n) is 11.0. The molecule has 176 valence electrons. The molecule has 0 amide bonds. The Morgan fingerprint density at radius 2 is 1.28 bits per heavy atom. The molecule has 0 aliphatic rings. The Kier molecular flexibility index (Phi) is 13.4. The average Bonchev–Trinajstić information content (AvgIpc) is 2.81. The number of methoxy groups -OCH3 is 2. The molecule has 2 aromatic rings. The second kappa shape index (κ2) is 15.1. The topological polar surface area (TPSA) is 36.9 Å². The highest BCUT2D eigenvalue weighted by Gasteiger charge is 2.24. The first kappa shape index (κ1) is 28.2. The largest absolute Gasteiger partial charge is 0.468 e. The summed E-state index contributed by atoms with van der Waals surface area (Å²) in [7, 11) is 1.86. The average molecular weight is 522 g/mol. The lowest BCUT2D eigenvalue weighted by Gasteiger charge is -2.20. The second-order valence-electron chi connectivity index (χ2n) is 7.58. The zero-order valence-corrected chi connectivity index (χ0v) is 23.1. The van der Waals surface area contributed by atoms with E-state index in [-0.39, 0.29) is 6.79 Å². The van der Waals surface area contributed by atoms with Crippen LogP contribution in [0.1, 0.15) is 37.5 Å². The van der Waals surface area contributed by atoms with Crippen molar-refractivity contribution >= 4 is 24.0 Å². The number of halogens is 1. The fourth-order valence-corrected chi connectivity index (χ4v) is 5.72. The monoisotopic (exact) mass is 520 g/mol. The SMILES string of the molecule is CC[Si](C#Cc1ccc(OCOC)cc1C)(CC)CC.COCOc1ccc(Br)c(C)c1. The van der Waals surface area contributed by atoms with Gasteiger partial charge in [0, 0.05) is 24.3 Å². The maximum Gasteiger partial charge on any atom is 0.188 e. The fourth-order valence-electron chi connectivity index (χ4n) is 3.04. The summed E-state index contributed by atoms with van der Waals surface area (Å²) in [5.74, 6) is 5.08. The van der Waals surface area contributed by atoms with Crippen LogP contribution in [0.15, 0.2) is 40.9 Å². The molecule has 0 saturated carbocycles. The minimum atomic E-state index is -1.37. The van der Waals surface area contributed by atoms with Crippen LogP contribution in [0.5, 0.6) is 11.5 Å². The van der Waals surface area contributed by atoms with E-state index in [2.05, 4.69) is 55.1 Å². The molecular weight excluding hydrogens is 484 g/mol. The lowest BCUT2D eigenvalue weighted by molar-refractivity contribution is 0.0509. The van der Waals surface area contributed by atoms with Gasteiger partial charge < -0.3 is 18.9 Å². The van der Waals surface area contributed by atoms with Crippen molar-refractivity contribution in [2.24, 2.45) is 0 Å². The molecule has 0 N–H and O–H groups in total. The zero-order chi connectivity index (χ0) is 24.0. The third-order valence-electron chi connectivity index (χ3n) is 5.51. The molecule has 0 spiro atoms. The molecule has 0 fully saturated rings. The Balaban J connectivity index is 0.000000363. The van der Waals surface area contributed by atoms with Crippen molar-refractivity contribution in [2.75, 3.05) is 27.8 Å². The molecule has 0 radical (unpaired) electrons. The van der Waals surface area contributed by atoms with Gasteiger partial charge in [0.15, 0.2) is 13.6 Å². The van der Waals surface area contributed by atoms with Gasteiger partial charge in [-0.2, -0.15) is 0 Å². The van der Waals surface area contributed by atoms with Gasteiger partial charge in [-0.3, -0.25) is 0 Å². The first-order chi connectivity index (χ1) is 15.3. The Morgan fingerprint density at radius 1 is 0.781 bits per heavy atom. The van der Waals surface area contributed by atoms with Crippen LogP contribution in [0.2, 0.25) is 18.1 Å². The Labute approximate surface area is 203 Å². The fraction of sp³-hybridized carbons (Fsp3) is 0.462. The van der Waals surface area contributed by atoms with E-state index < -0.39 is 8.07 Å². The first-order valence-corrected chi connectivity index (χ1v) is 14.4. The minimum Gasteiger partial charge on any atom is -0.468 e. The van der Waals surface area contributed by atoms with Gasteiger partial charge in [-0.05, 0) is 79.5 Å². The van der Waals surface area contributed by atoms with E-state index in [1.807, 2.05) is 43.3 Å². The number of aryl methyl sites for hydroxylation is 2. The summed E-state index contributed by atoms with van der Waals surface area (Å²) in [6.07, 6.45) is 0. The van der Waals surface area contributed by atoms with Gasteiger partial charge >= 0.3 is 0 Å². The number of benzene rings is 2. The summed E-state index contributed by atoms with van der Waals surface area (Å²) in [5.41, 5.74) is 7.06. The van der Waals surface area contributed by atoms with Crippen molar-refractivity contribution in [1.29, 1.82) is 0 Å². The molecule has 0 atom stereocenters. The second-order valence-corrected chi connectivity index (χ2v) is 13.4. The quantitative estimate of drug-likeness (QED) is 0.200. The maximum atomic E-state index is 5.44. The summed E-state index contributed by atoms with van der Waals surface area (Å²) in [4.78, 5) is 0. The van der Waals surface area contributed by atoms with Crippen molar-refractivity contribution in [3.05, 3.63) is 57.6 Å². The zero-order valence-electron chi connectivity index (χ0n) is 20.5. The lowest BCUT2D eigenvalue weighted by atomic mass is 10.1. The van der Waals surface area contributed by atoms with Crippen LogP contribution in [0.25, 0.3) is 0 Å². The third-order valence-corrected chi connectivity index (χ3v) is 11.1. The molecule has 4 nitrogen and oxygen atoms in total. The van der Waals surface area contributed by atoms with Crippen molar-refractivity contribution in [1.82, 2.24) is 0 Å². The normalized spacial score (nSPS) is 10.5. The van der Waals surface area contributed by atoms with E-state index in [9.17, 15) is 0 Å². The van der Waals surface area contributed by atoms with Crippen LogP contribution in [0.3, 0.4) is 0 Å². The molecular formula is C26H37BrO4Si. The molecule has 0 aromatic heterocycles. The van der Waals surface area contributed by atoms with Crippen molar-refractivity contribution in [3.63, 3.8) is 0 Å². The minimum absolute atomic E-state index is 0.280. The molecule has 0 aliphatic carbocycles. The summed E-state index contributed by atoms with van der Waals surface area (Å²) in [6.45, 7) is 11.5. The summed E-state index contributed by atoms with van der Waals surface area (Å²) in [6, 6.07) is 15.6. The van der Waals surface area contributed by atoms with Crippen molar-refractivity contribution in [3.8, 4) is 23.0 Å². The van der Waals surface area contributed by atoms with Crippen molar-refractivity contribution in [2.45, 2.75) is 52.8 Å². The third kappa shape index (κ3) is 9.38. The molecule has 0 aliphatic heterocycles. The summed E-state index contributed by atoms with van der Waals surface area (Å²) in [5, 5.41) is 0. The van der Waals surface area contributed by atoms with Gasteiger partial charge in [0.05, 0.1) is 0 Å². The van der Waals surface area contributed by atoms with Gasteiger partial charge in [-0.1, -0.05) is 42.6 Å². The molecule has 0 heterocycles. The van der Waals surface area contributed by atoms with Gasteiger partial charge in [-0.25, -0.2) is 0 Å². The van der Waals surface area contributed by atoms with Gasteiger partial charge in [0.25, 0.3) is 0 Å². The highest BCUT2D eigenvalue weighted by atomic mass is 79.9. The molecule has 0 unspecified atom stereocenters. The molecule has 2 rings (SSSR count). The summed E-state index contributed by atoms with van der Waals surface area (Å²) >= 11 is 3.41. The molecule has 2 aromatic carbocycles.